The quantitative estimate of drug-likeness (QED) is 0.740. The number of carbonyl (C=O) groups is 1. The summed E-state index contributed by atoms with van der Waals surface area (Å²) in [5.41, 5.74) is 0.326. The molecule has 0 spiro atoms. The number of ether oxygens (including phenoxy) is 1. The fraction of sp³-hybridized carbons (Fsp3) is 0.588. The number of hydrogen-bond acceptors (Lipinski definition) is 4. The van der Waals surface area contributed by atoms with Gasteiger partial charge in [0.15, 0.2) is 0 Å². The third-order valence-corrected chi connectivity index (χ3v) is 5.56. The van der Waals surface area contributed by atoms with Crippen LogP contribution in [-0.2, 0) is 14.8 Å². The minimum absolute atomic E-state index is 0.0672. The number of halogens is 1. The molecule has 0 aliphatic heterocycles. The lowest BCUT2D eigenvalue weighted by Gasteiger charge is -2.31. The molecule has 6 nitrogen and oxygen atoms in total. The summed E-state index contributed by atoms with van der Waals surface area (Å²) < 4.78 is 31.0. The van der Waals surface area contributed by atoms with Crippen molar-refractivity contribution in [3.63, 3.8) is 0 Å². The highest BCUT2D eigenvalue weighted by Gasteiger charge is 2.32. The second-order valence-corrected chi connectivity index (χ2v) is 8.61. The zero-order valence-electron chi connectivity index (χ0n) is 15.5. The molecule has 0 fully saturated rings. The first-order valence-corrected chi connectivity index (χ1v) is 10.4. The Labute approximate surface area is 155 Å². The van der Waals surface area contributed by atoms with Crippen LogP contribution >= 0.6 is 11.6 Å². The zero-order valence-corrected chi connectivity index (χ0v) is 17.1. The van der Waals surface area contributed by atoms with Crippen molar-refractivity contribution in [2.75, 3.05) is 17.7 Å². The van der Waals surface area contributed by atoms with Gasteiger partial charge in [-0.2, -0.15) is 0 Å². The highest BCUT2D eigenvalue weighted by atomic mass is 35.5. The van der Waals surface area contributed by atoms with Crippen LogP contribution in [0, 0.1) is 5.92 Å². The van der Waals surface area contributed by atoms with Crippen molar-refractivity contribution in [2.45, 2.75) is 46.2 Å². The summed E-state index contributed by atoms with van der Waals surface area (Å²) in [5.74, 6) is 0.342. The number of benzene rings is 1. The Kier molecular flexibility index (Phi) is 7.56. The predicted octanol–water partition coefficient (Wildman–Crippen LogP) is 3.05. The Morgan fingerprint density at radius 2 is 1.92 bits per heavy atom. The molecule has 25 heavy (non-hydrogen) atoms. The van der Waals surface area contributed by atoms with Gasteiger partial charge >= 0.3 is 0 Å². The van der Waals surface area contributed by atoms with Crippen LogP contribution < -0.4 is 14.4 Å². The number of amides is 1. The van der Waals surface area contributed by atoms with Crippen LogP contribution in [0.5, 0.6) is 5.75 Å². The van der Waals surface area contributed by atoms with Gasteiger partial charge in [0.2, 0.25) is 15.9 Å². The van der Waals surface area contributed by atoms with Crippen LogP contribution in [-0.4, -0.2) is 39.8 Å². The number of nitrogens with one attached hydrogen (secondary N) is 1. The maximum absolute atomic E-state index is 12.7. The van der Waals surface area contributed by atoms with Crippen LogP contribution in [0.4, 0.5) is 5.69 Å². The largest absolute Gasteiger partial charge is 0.495 e. The van der Waals surface area contributed by atoms with Gasteiger partial charge in [-0.05, 0) is 37.5 Å². The van der Waals surface area contributed by atoms with Gasteiger partial charge in [-0.1, -0.05) is 32.4 Å². The lowest BCUT2D eigenvalue weighted by molar-refractivity contribution is -0.123. The lowest BCUT2D eigenvalue weighted by atomic mass is 10.1. The van der Waals surface area contributed by atoms with Crippen molar-refractivity contribution < 1.29 is 17.9 Å². The van der Waals surface area contributed by atoms with Crippen LogP contribution in [0.25, 0.3) is 0 Å². The summed E-state index contributed by atoms with van der Waals surface area (Å²) in [5, 5.41) is 3.16. The smallest absolute Gasteiger partial charge is 0.244 e. The Morgan fingerprint density at radius 3 is 2.32 bits per heavy atom. The first-order chi connectivity index (χ1) is 11.5. The van der Waals surface area contributed by atoms with Crippen molar-refractivity contribution in [3.8, 4) is 5.75 Å². The third-order valence-electron chi connectivity index (χ3n) is 4.09. The zero-order chi connectivity index (χ0) is 19.4. The van der Waals surface area contributed by atoms with Crippen LogP contribution in [0.3, 0.4) is 0 Å². The van der Waals surface area contributed by atoms with E-state index in [1.165, 1.54) is 13.2 Å². The van der Waals surface area contributed by atoms with Gasteiger partial charge in [0.25, 0.3) is 0 Å². The van der Waals surface area contributed by atoms with E-state index in [2.05, 4.69) is 5.32 Å². The highest BCUT2D eigenvalue weighted by Crippen LogP contribution is 2.31. The van der Waals surface area contributed by atoms with Crippen LogP contribution in [0.2, 0.25) is 5.02 Å². The van der Waals surface area contributed by atoms with Crippen molar-refractivity contribution in [2.24, 2.45) is 5.92 Å². The minimum Gasteiger partial charge on any atom is -0.495 e. The number of rotatable bonds is 8. The molecule has 0 bridgehead atoms. The van der Waals surface area contributed by atoms with Crippen molar-refractivity contribution in [3.05, 3.63) is 23.2 Å². The summed E-state index contributed by atoms with van der Waals surface area (Å²) in [6, 6.07) is 3.72. The number of methoxy groups -OCH3 is 1. The number of hydrogen-bond donors (Lipinski definition) is 1. The molecule has 0 aromatic heterocycles. The monoisotopic (exact) mass is 390 g/mol. The van der Waals surface area contributed by atoms with Crippen LogP contribution in [0.15, 0.2) is 18.2 Å². The van der Waals surface area contributed by atoms with E-state index in [0.29, 0.717) is 17.9 Å². The first kappa shape index (κ1) is 21.6. The van der Waals surface area contributed by atoms with Crippen molar-refractivity contribution >= 4 is 33.2 Å². The van der Waals surface area contributed by atoms with Crippen LogP contribution in [0.1, 0.15) is 34.1 Å². The summed E-state index contributed by atoms with van der Waals surface area (Å²) in [6.45, 7) is 7.64. The molecule has 0 radical (unpaired) electrons. The molecule has 8 heteroatoms. The molecule has 1 rings (SSSR count). The second kappa shape index (κ2) is 8.76. The molecule has 1 aromatic carbocycles. The summed E-state index contributed by atoms with van der Waals surface area (Å²) in [7, 11) is -2.22. The highest BCUT2D eigenvalue weighted by molar-refractivity contribution is 7.92. The topological polar surface area (TPSA) is 75.7 Å². The first-order valence-electron chi connectivity index (χ1n) is 8.16. The van der Waals surface area contributed by atoms with E-state index < -0.39 is 16.1 Å². The maximum Gasteiger partial charge on any atom is 0.244 e. The van der Waals surface area contributed by atoms with Crippen molar-refractivity contribution in [1.82, 2.24) is 5.32 Å². The fourth-order valence-corrected chi connectivity index (χ4v) is 3.80. The average molecular weight is 391 g/mol. The Bertz CT molecular complexity index is 707. The molecule has 0 aliphatic rings. The number of nitrogens with zero attached hydrogens (tertiary/aromatic N) is 1. The van der Waals surface area contributed by atoms with Gasteiger partial charge in [0, 0.05) is 6.04 Å². The molecule has 0 saturated carbocycles. The van der Waals surface area contributed by atoms with E-state index in [9.17, 15) is 13.2 Å². The third kappa shape index (κ3) is 5.51. The number of carbonyl (C=O) groups excluding carboxylic acids is 1. The van der Waals surface area contributed by atoms with E-state index in [-0.39, 0.29) is 22.9 Å². The molecule has 1 N–H and O–H groups in total. The molecule has 1 aromatic rings. The van der Waals surface area contributed by atoms with Gasteiger partial charge in [-0.25, -0.2) is 8.42 Å². The van der Waals surface area contributed by atoms with E-state index in [1.54, 1.807) is 19.1 Å². The van der Waals surface area contributed by atoms with E-state index in [4.69, 9.17) is 16.3 Å². The van der Waals surface area contributed by atoms with Gasteiger partial charge < -0.3 is 10.1 Å². The number of anilines is 1. The average Bonchev–Trinajstić information content (AvgIpc) is 2.50. The van der Waals surface area contributed by atoms with Gasteiger partial charge in [0.1, 0.15) is 11.8 Å². The predicted molar refractivity (Wildman–Crippen MR) is 102 cm³/mol. The molecule has 1 amide bonds. The molecule has 142 valence electrons. The molecular formula is C17H27ClN2O4S. The Morgan fingerprint density at radius 1 is 1.32 bits per heavy atom. The lowest BCUT2D eigenvalue weighted by Crippen LogP contribution is -2.52. The molecular weight excluding hydrogens is 364 g/mol. The molecule has 0 heterocycles. The minimum atomic E-state index is -3.69. The second-order valence-electron chi connectivity index (χ2n) is 6.34. The van der Waals surface area contributed by atoms with E-state index in [1.807, 2.05) is 20.8 Å². The summed E-state index contributed by atoms with van der Waals surface area (Å²) in [4.78, 5) is 12.7. The molecule has 0 saturated heterocycles. The molecule has 2 atom stereocenters. The fourth-order valence-electron chi connectivity index (χ4n) is 2.34. The van der Waals surface area contributed by atoms with E-state index >= 15 is 0 Å². The Balaban J connectivity index is 3.29. The SMILES string of the molecule is CC[C@H](C(=O)N[C@@H](C)C(C)C)N(c1ccc(OC)c(Cl)c1)S(C)(=O)=O. The molecule has 0 unspecified atom stereocenters. The van der Waals surface area contributed by atoms with Crippen molar-refractivity contribution in [1.29, 1.82) is 0 Å². The standard InChI is InChI=1S/C17H27ClN2O4S/c1-7-15(17(21)19-12(4)11(2)3)20(25(6,22)23)13-8-9-16(24-5)14(18)10-13/h8-12,15H,7H2,1-6H3,(H,19,21)/t12-,15+/m0/s1. The van der Waals surface area contributed by atoms with E-state index in [0.717, 1.165) is 10.6 Å². The maximum atomic E-state index is 12.7. The Hall–Kier alpha value is -1.47. The summed E-state index contributed by atoms with van der Waals surface area (Å²) >= 11 is 6.13. The number of sulfonamides is 1. The van der Waals surface area contributed by atoms with Gasteiger partial charge in [-0.15, -0.1) is 0 Å². The normalized spacial score (nSPS) is 14.1. The summed E-state index contributed by atoms with van der Waals surface area (Å²) in [6.07, 6.45) is 1.40. The molecule has 0 aliphatic carbocycles. The van der Waals surface area contributed by atoms with Gasteiger partial charge in [-0.3, -0.25) is 9.10 Å². The van der Waals surface area contributed by atoms with Gasteiger partial charge in [0.05, 0.1) is 24.1 Å².